The number of nitrogens with zero attached hydrogens (tertiary/aromatic N) is 2. The SMILES string of the molecule is NC(=O)c1ccc2c(c1)S(=O)(=O)N=C(C(=O)CCC(c1ccccc1)c1ncco1)N2. The van der Waals surface area contributed by atoms with Crippen LogP contribution in [0.1, 0.15) is 40.6 Å². The number of nitrogens with two attached hydrogens (primary N) is 1. The van der Waals surface area contributed by atoms with Gasteiger partial charge in [-0.25, -0.2) is 4.98 Å². The fraction of sp³-hybridized carbons (Fsp3) is 0.143. The van der Waals surface area contributed by atoms with Gasteiger partial charge in [-0.1, -0.05) is 30.3 Å². The number of hydrogen-bond acceptors (Lipinski definition) is 7. The van der Waals surface area contributed by atoms with E-state index in [1.807, 2.05) is 30.3 Å². The van der Waals surface area contributed by atoms with Gasteiger partial charge in [0.2, 0.25) is 11.8 Å². The van der Waals surface area contributed by atoms with Gasteiger partial charge in [0.05, 0.1) is 17.8 Å². The third-order valence-corrected chi connectivity index (χ3v) is 6.20. The average Bonchev–Trinajstić information content (AvgIpc) is 3.28. The minimum Gasteiger partial charge on any atom is -0.448 e. The Labute approximate surface area is 178 Å². The number of nitrogens with one attached hydrogen (secondary N) is 1. The Hall–Kier alpha value is -3.79. The molecule has 0 saturated carbocycles. The summed E-state index contributed by atoms with van der Waals surface area (Å²) in [5.74, 6) is -1.32. The van der Waals surface area contributed by atoms with E-state index in [2.05, 4.69) is 14.7 Å². The van der Waals surface area contributed by atoms with Gasteiger partial charge >= 0.3 is 0 Å². The molecule has 0 spiro atoms. The molecular formula is C21H18N4O5S. The van der Waals surface area contributed by atoms with Crippen LogP contribution in [0.4, 0.5) is 5.69 Å². The first kappa shape index (κ1) is 20.5. The molecule has 0 saturated heterocycles. The molecule has 1 aromatic heterocycles. The highest BCUT2D eigenvalue weighted by molar-refractivity contribution is 7.90. The zero-order valence-electron chi connectivity index (χ0n) is 16.2. The van der Waals surface area contributed by atoms with Gasteiger partial charge in [0, 0.05) is 12.0 Å². The van der Waals surface area contributed by atoms with Crippen LogP contribution < -0.4 is 11.1 Å². The van der Waals surface area contributed by atoms with E-state index in [1.54, 1.807) is 0 Å². The Morgan fingerprint density at radius 3 is 2.58 bits per heavy atom. The number of ketones is 1. The van der Waals surface area contributed by atoms with Crippen molar-refractivity contribution in [3.05, 3.63) is 78.0 Å². The van der Waals surface area contributed by atoms with E-state index in [0.717, 1.165) is 11.6 Å². The van der Waals surface area contributed by atoms with Crippen LogP contribution in [0.25, 0.3) is 0 Å². The second-order valence-corrected chi connectivity index (χ2v) is 8.48. The number of rotatable bonds is 7. The van der Waals surface area contributed by atoms with E-state index in [1.165, 1.54) is 24.6 Å². The van der Waals surface area contributed by atoms with Crippen molar-refractivity contribution in [2.24, 2.45) is 10.1 Å². The molecule has 1 unspecified atom stereocenters. The van der Waals surface area contributed by atoms with Crippen molar-refractivity contribution < 1.29 is 22.4 Å². The van der Waals surface area contributed by atoms with Gasteiger partial charge in [-0.3, -0.25) is 9.59 Å². The molecule has 1 atom stereocenters. The second kappa shape index (κ2) is 8.15. The lowest BCUT2D eigenvalue weighted by Crippen LogP contribution is -2.29. The van der Waals surface area contributed by atoms with Crippen molar-refractivity contribution in [1.29, 1.82) is 0 Å². The number of carbonyl (C=O) groups is 2. The number of aromatic nitrogens is 1. The molecule has 158 valence electrons. The smallest absolute Gasteiger partial charge is 0.286 e. The van der Waals surface area contributed by atoms with Crippen molar-refractivity contribution in [2.75, 3.05) is 5.32 Å². The molecule has 0 radical (unpaired) electrons. The summed E-state index contributed by atoms with van der Waals surface area (Å²) >= 11 is 0. The van der Waals surface area contributed by atoms with Crippen LogP contribution in [0.15, 0.2) is 74.7 Å². The van der Waals surface area contributed by atoms with Gasteiger partial charge < -0.3 is 15.5 Å². The van der Waals surface area contributed by atoms with Gasteiger partial charge in [0.1, 0.15) is 11.2 Å². The molecule has 9 nitrogen and oxygen atoms in total. The summed E-state index contributed by atoms with van der Waals surface area (Å²) in [7, 11) is -4.16. The van der Waals surface area contributed by atoms with Crippen molar-refractivity contribution in [1.82, 2.24) is 4.98 Å². The van der Waals surface area contributed by atoms with Crippen molar-refractivity contribution >= 4 is 33.2 Å². The maximum Gasteiger partial charge on any atom is 0.286 e. The van der Waals surface area contributed by atoms with E-state index in [9.17, 15) is 18.0 Å². The zero-order valence-corrected chi connectivity index (χ0v) is 17.0. The summed E-state index contributed by atoms with van der Waals surface area (Å²) < 4.78 is 34.1. The van der Waals surface area contributed by atoms with Crippen LogP contribution in [-0.2, 0) is 14.8 Å². The molecule has 0 aliphatic carbocycles. The standard InChI is InChI=1S/C21H18N4O5S/c22-19(27)14-6-8-16-18(12-14)31(28,29)25-20(24-16)17(26)9-7-15(21-23-10-11-30-21)13-4-2-1-3-5-13/h1-6,8,10-12,15H,7,9H2,(H2,22,27)(H,24,25). The lowest BCUT2D eigenvalue weighted by Gasteiger charge is -2.19. The Bertz CT molecular complexity index is 1270. The lowest BCUT2D eigenvalue weighted by molar-refractivity contribution is -0.113. The zero-order chi connectivity index (χ0) is 22.0. The number of oxazole rings is 1. The Balaban J connectivity index is 1.55. The number of anilines is 1. The van der Waals surface area contributed by atoms with Crippen LogP contribution in [0.5, 0.6) is 0 Å². The highest BCUT2D eigenvalue weighted by Gasteiger charge is 2.29. The molecule has 2 heterocycles. The number of Topliss-reactive ketones (excluding diaryl/α,β-unsaturated/α-hetero) is 1. The summed E-state index contributed by atoms with van der Waals surface area (Å²) in [4.78, 5) is 28.1. The van der Waals surface area contributed by atoms with Gasteiger partial charge in [-0.05, 0) is 30.2 Å². The third kappa shape index (κ3) is 4.24. The molecule has 0 fully saturated rings. The fourth-order valence-corrected chi connectivity index (χ4v) is 4.51. The monoisotopic (exact) mass is 438 g/mol. The lowest BCUT2D eigenvalue weighted by atomic mass is 9.93. The topological polar surface area (TPSA) is 145 Å². The van der Waals surface area contributed by atoms with E-state index >= 15 is 0 Å². The number of carbonyl (C=O) groups excluding carboxylic acids is 2. The quantitative estimate of drug-likeness (QED) is 0.576. The number of amides is 1. The molecular weight excluding hydrogens is 420 g/mol. The maximum atomic E-state index is 12.8. The van der Waals surface area contributed by atoms with Crippen molar-refractivity contribution in [2.45, 2.75) is 23.7 Å². The Kier molecular flexibility index (Phi) is 5.38. The summed E-state index contributed by atoms with van der Waals surface area (Å²) in [5.41, 5.74) is 6.33. The largest absolute Gasteiger partial charge is 0.448 e. The van der Waals surface area contributed by atoms with E-state index in [0.29, 0.717) is 12.3 Å². The minimum absolute atomic E-state index is 0.0119. The molecule has 31 heavy (non-hydrogen) atoms. The first-order valence-electron chi connectivity index (χ1n) is 9.38. The van der Waals surface area contributed by atoms with Crippen LogP contribution in [-0.4, -0.2) is 30.9 Å². The Morgan fingerprint density at radius 1 is 1.13 bits per heavy atom. The molecule has 1 aliphatic heterocycles. The fourth-order valence-electron chi connectivity index (χ4n) is 3.35. The molecule has 1 aliphatic rings. The first-order valence-corrected chi connectivity index (χ1v) is 10.8. The molecule has 1 amide bonds. The normalized spacial score (nSPS) is 15.3. The summed E-state index contributed by atoms with van der Waals surface area (Å²) in [5, 5.41) is 2.75. The van der Waals surface area contributed by atoms with Gasteiger partial charge in [0.25, 0.3) is 10.0 Å². The molecule has 3 N–H and O–H groups in total. The van der Waals surface area contributed by atoms with E-state index < -0.39 is 21.7 Å². The molecule has 2 aromatic carbocycles. The van der Waals surface area contributed by atoms with Crippen LogP contribution >= 0.6 is 0 Å². The Morgan fingerprint density at radius 2 is 1.90 bits per heavy atom. The molecule has 10 heteroatoms. The van der Waals surface area contributed by atoms with Crippen LogP contribution in [0.2, 0.25) is 0 Å². The number of amidine groups is 1. The maximum absolute atomic E-state index is 12.8. The summed E-state index contributed by atoms with van der Waals surface area (Å²) in [6.45, 7) is 0. The average molecular weight is 438 g/mol. The summed E-state index contributed by atoms with van der Waals surface area (Å²) in [6, 6.07) is 13.4. The van der Waals surface area contributed by atoms with Gasteiger partial charge in [-0.2, -0.15) is 8.42 Å². The number of sulfonamides is 1. The highest BCUT2D eigenvalue weighted by atomic mass is 32.2. The van der Waals surface area contributed by atoms with Gasteiger partial charge in [-0.15, -0.1) is 4.40 Å². The van der Waals surface area contributed by atoms with Crippen molar-refractivity contribution in [3.8, 4) is 0 Å². The molecule has 4 rings (SSSR count). The van der Waals surface area contributed by atoms with Gasteiger partial charge in [0.15, 0.2) is 11.6 Å². The highest BCUT2D eigenvalue weighted by Crippen LogP contribution is 2.31. The minimum atomic E-state index is -4.16. The molecule has 3 aromatic rings. The number of hydrogen-bond donors (Lipinski definition) is 2. The third-order valence-electron chi connectivity index (χ3n) is 4.88. The van der Waals surface area contributed by atoms with Crippen LogP contribution in [0.3, 0.4) is 0 Å². The van der Waals surface area contributed by atoms with Crippen LogP contribution in [0, 0.1) is 0 Å². The predicted octanol–water partition coefficient (Wildman–Crippen LogP) is 2.47. The number of fused-ring (bicyclic) bond motifs is 1. The second-order valence-electron chi connectivity index (χ2n) is 6.91. The van der Waals surface area contributed by atoms with Crippen molar-refractivity contribution in [3.63, 3.8) is 0 Å². The molecule has 0 bridgehead atoms. The summed E-state index contributed by atoms with van der Waals surface area (Å²) in [6.07, 6.45) is 3.35. The number of primary amides is 1. The van der Waals surface area contributed by atoms with E-state index in [-0.39, 0.29) is 34.3 Å². The number of benzene rings is 2. The predicted molar refractivity (Wildman–Crippen MR) is 112 cm³/mol. The first-order chi connectivity index (χ1) is 14.8. The van der Waals surface area contributed by atoms with E-state index in [4.69, 9.17) is 10.2 Å².